The van der Waals surface area contributed by atoms with E-state index in [2.05, 4.69) is 0 Å². The van der Waals surface area contributed by atoms with Gasteiger partial charge in [-0.3, -0.25) is 4.57 Å². The molecule has 2 N–H and O–H groups in total. The lowest BCUT2D eigenvalue weighted by molar-refractivity contribution is 0.0959. The molecule has 0 fully saturated rings. The van der Waals surface area contributed by atoms with Crippen molar-refractivity contribution in [2.45, 2.75) is 19.2 Å². The Bertz CT molecular complexity index is 465. The summed E-state index contributed by atoms with van der Waals surface area (Å²) in [7, 11) is -4.76. The summed E-state index contributed by atoms with van der Waals surface area (Å²) >= 11 is 4.82. The van der Waals surface area contributed by atoms with Crippen LogP contribution in [0.2, 0.25) is 0 Å². The first-order valence-electron chi connectivity index (χ1n) is 4.28. The number of hydrogen-bond donors (Lipinski definition) is 2. The smallest absolute Gasteiger partial charge is 0.321 e. The van der Waals surface area contributed by atoms with E-state index in [1.165, 1.54) is 0 Å². The van der Waals surface area contributed by atoms with Crippen LogP contribution in [0, 0.1) is 13.8 Å². The summed E-state index contributed by atoms with van der Waals surface area (Å²) < 4.78 is 37.0. The molecule has 1 rings (SSSR count). The van der Waals surface area contributed by atoms with Crippen LogP contribution < -0.4 is 5.30 Å². The Hall–Kier alpha value is -0.480. The molecule has 0 radical (unpaired) electrons. The number of aryl methyl sites for hydroxylation is 2. The highest BCUT2D eigenvalue weighted by atomic mass is 35.5. The Balaban J connectivity index is 3.59. The molecule has 0 heterocycles. The molecule has 0 aliphatic rings. The predicted molar refractivity (Wildman–Crippen MR) is 57.3 cm³/mol. The molecular formula is C9H10ClF2O3P. The standard InChI is InChI=1S/C9H10ClF2O3P/c1-5-3-7(9(10,11)12)8(4-6(5)2)16(13,14)15/h3-4H,1-2H3,(H2,13,14,15). The van der Waals surface area contributed by atoms with E-state index in [1.54, 1.807) is 13.8 Å². The maximum atomic E-state index is 13.0. The summed E-state index contributed by atoms with van der Waals surface area (Å²) in [5.74, 6) is 0. The third kappa shape index (κ3) is 2.80. The summed E-state index contributed by atoms with van der Waals surface area (Å²) in [5, 5.41) is -4.52. The van der Waals surface area contributed by atoms with E-state index in [1.807, 2.05) is 0 Å². The summed E-state index contributed by atoms with van der Waals surface area (Å²) in [6, 6.07) is 2.04. The summed E-state index contributed by atoms with van der Waals surface area (Å²) in [6.45, 7) is 3.13. The van der Waals surface area contributed by atoms with E-state index in [0.29, 0.717) is 11.1 Å². The lowest BCUT2D eigenvalue weighted by atomic mass is 10.1. The average Bonchev–Trinajstić information content (AvgIpc) is 2.05. The van der Waals surface area contributed by atoms with Crippen LogP contribution in [0.25, 0.3) is 0 Å². The zero-order valence-electron chi connectivity index (χ0n) is 8.54. The lowest BCUT2D eigenvalue weighted by Crippen LogP contribution is -2.20. The van der Waals surface area contributed by atoms with Gasteiger partial charge in [-0.05, 0) is 48.7 Å². The quantitative estimate of drug-likeness (QED) is 0.641. The van der Waals surface area contributed by atoms with Crippen molar-refractivity contribution in [2.24, 2.45) is 0 Å². The topological polar surface area (TPSA) is 57.5 Å². The summed E-state index contributed by atoms with van der Waals surface area (Å²) in [4.78, 5) is 17.9. The zero-order chi connectivity index (χ0) is 12.7. The molecule has 0 aliphatic heterocycles. The largest absolute Gasteiger partial charge is 0.356 e. The second-order valence-corrected chi connectivity index (χ2v) is 5.54. The van der Waals surface area contributed by atoms with Gasteiger partial charge in [-0.1, -0.05) is 0 Å². The average molecular weight is 271 g/mol. The monoisotopic (exact) mass is 270 g/mol. The molecule has 0 aliphatic carbocycles. The molecule has 0 saturated heterocycles. The van der Waals surface area contributed by atoms with Crippen molar-refractivity contribution in [3.8, 4) is 0 Å². The van der Waals surface area contributed by atoms with Gasteiger partial charge in [-0.2, -0.15) is 8.78 Å². The highest BCUT2D eigenvalue weighted by Crippen LogP contribution is 2.42. The van der Waals surface area contributed by atoms with Crippen molar-refractivity contribution in [3.63, 3.8) is 0 Å². The second-order valence-electron chi connectivity index (χ2n) is 3.50. The number of benzene rings is 1. The first-order chi connectivity index (χ1) is 7.03. The maximum absolute atomic E-state index is 13.0. The minimum absolute atomic E-state index is 0.493. The maximum Gasteiger partial charge on any atom is 0.356 e. The van der Waals surface area contributed by atoms with Gasteiger partial charge in [0, 0.05) is 0 Å². The third-order valence-electron chi connectivity index (χ3n) is 2.23. The van der Waals surface area contributed by atoms with E-state index in [0.717, 1.165) is 12.1 Å². The third-order valence-corrected chi connectivity index (χ3v) is 3.43. The Kier molecular flexibility index (Phi) is 3.46. The number of halogens is 3. The molecule has 1 aromatic carbocycles. The van der Waals surface area contributed by atoms with Gasteiger partial charge in [0.2, 0.25) is 0 Å². The van der Waals surface area contributed by atoms with Crippen molar-refractivity contribution in [1.82, 2.24) is 0 Å². The van der Waals surface area contributed by atoms with Crippen molar-refractivity contribution >= 4 is 24.5 Å². The number of rotatable bonds is 2. The van der Waals surface area contributed by atoms with E-state index in [-0.39, 0.29) is 0 Å². The van der Waals surface area contributed by atoms with Crippen LogP contribution in [-0.2, 0) is 9.95 Å². The second kappa shape index (κ2) is 4.08. The van der Waals surface area contributed by atoms with Gasteiger partial charge in [0.25, 0.3) is 0 Å². The fourth-order valence-corrected chi connectivity index (χ4v) is 2.37. The number of hydrogen-bond acceptors (Lipinski definition) is 1. The molecule has 1 aromatic rings. The molecule has 0 saturated carbocycles. The lowest BCUT2D eigenvalue weighted by Gasteiger charge is -2.17. The molecule has 3 nitrogen and oxygen atoms in total. The Morgan fingerprint density at radius 2 is 1.69 bits per heavy atom. The highest BCUT2D eigenvalue weighted by Gasteiger charge is 2.36. The molecule has 0 atom stereocenters. The Morgan fingerprint density at radius 3 is 2.06 bits per heavy atom. The molecular weight excluding hydrogens is 261 g/mol. The van der Waals surface area contributed by atoms with Crippen LogP contribution in [0.4, 0.5) is 8.78 Å². The fraction of sp³-hybridized carbons (Fsp3) is 0.333. The molecule has 0 amide bonds. The van der Waals surface area contributed by atoms with Gasteiger partial charge in [-0.15, -0.1) is 0 Å². The minimum Gasteiger partial charge on any atom is -0.321 e. The first-order valence-corrected chi connectivity index (χ1v) is 6.27. The Morgan fingerprint density at radius 1 is 1.25 bits per heavy atom. The SMILES string of the molecule is Cc1cc(C(F)(F)Cl)c(P(=O)(O)O)cc1C. The molecule has 90 valence electrons. The first kappa shape index (κ1) is 13.6. The van der Waals surface area contributed by atoms with Gasteiger partial charge in [0.05, 0.1) is 10.9 Å². The molecule has 16 heavy (non-hydrogen) atoms. The molecule has 0 spiro atoms. The van der Waals surface area contributed by atoms with Gasteiger partial charge < -0.3 is 9.79 Å². The normalized spacial score (nSPS) is 12.9. The van der Waals surface area contributed by atoms with E-state index < -0.39 is 23.8 Å². The van der Waals surface area contributed by atoms with Gasteiger partial charge in [0.15, 0.2) is 0 Å². The van der Waals surface area contributed by atoms with Gasteiger partial charge >= 0.3 is 13.0 Å². The van der Waals surface area contributed by atoms with Crippen LogP contribution in [0.15, 0.2) is 12.1 Å². The van der Waals surface area contributed by atoms with Gasteiger partial charge in [-0.25, -0.2) is 0 Å². The molecule has 0 unspecified atom stereocenters. The minimum atomic E-state index is -4.76. The van der Waals surface area contributed by atoms with Crippen LogP contribution in [-0.4, -0.2) is 9.79 Å². The number of alkyl halides is 3. The van der Waals surface area contributed by atoms with Crippen LogP contribution in [0.5, 0.6) is 0 Å². The van der Waals surface area contributed by atoms with Crippen LogP contribution in [0.1, 0.15) is 16.7 Å². The van der Waals surface area contributed by atoms with Crippen molar-refractivity contribution in [1.29, 1.82) is 0 Å². The van der Waals surface area contributed by atoms with Crippen molar-refractivity contribution in [3.05, 3.63) is 28.8 Å². The highest BCUT2D eigenvalue weighted by molar-refractivity contribution is 7.60. The zero-order valence-corrected chi connectivity index (χ0v) is 10.2. The molecule has 0 aromatic heterocycles. The Labute approximate surface area is 96.2 Å². The van der Waals surface area contributed by atoms with E-state index in [9.17, 15) is 13.3 Å². The van der Waals surface area contributed by atoms with Crippen molar-refractivity contribution < 1.29 is 23.1 Å². The predicted octanol–water partition coefficient (Wildman–Crippen LogP) is 2.39. The molecule has 7 heteroatoms. The summed E-state index contributed by atoms with van der Waals surface area (Å²) in [5.41, 5.74) is 0.168. The van der Waals surface area contributed by atoms with Crippen LogP contribution in [0.3, 0.4) is 0 Å². The van der Waals surface area contributed by atoms with Crippen LogP contribution >= 0.6 is 19.2 Å². The molecule has 0 bridgehead atoms. The van der Waals surface area contributed by atoms with Gasteiger partial charge in [0.1, 0.15) is 0 Å². The van der Waals surface area contributed by atoms with Crippen molar-refractivity contribution in [2.75, 3.05) is 0 Å². The van der Waals surface area contributed by atoms with E-state index in [4.69, 9.17) is 21.4 Å². The fourth-order valence-electron chi connectivity index (χ4n) is 1.27. The summed E-state index contributed by atoms with van der Waals surface area (Å²) in [6.07, 6.45) is 0. The van der Waals surface area contributed by atoms with E-state index >= 15 is 0 Å².